The number of nitrogens with zero attached hydrogens (tertiary/aromatic N) is 2. The number of carbonyl (C=O) groups excluding carboxylic acids is 1. The summed E-state index contributed by atoms with van der Waals surface area (Å²) in [7, 11) is -3.58. The monoisotopic (exact) mass is 310 g/mol. The zero-order valence-corrected chi connectivity index (χ0v) is 12.5. The molecule has 2 heterocycles. The van der Waals surface area contributed by atoms with E-state index in [-0.39, 0.29) is 10.8 Å². The minimum atomic E-state index is -3.58. The van der Waals surface area contributed by atoms with Crippen molar-refractivity contribution in [1.29, 1.82) is 0 Å². The first kappa shape index (κ1) is 14.5. The van der Waals surface area contributed by atoms with Gasteiger partial charge in [0.05, 0.1) is 18.1 Å². The maximum Gasteiger partial charge on any atom is 0.243 e. The third-order valence-corrected chi connectivity index (χ3v) is 5.85. The van der Waals surface area contributed by atoms with Crippen molar-refractivity contribution in [3.63, 3.8) is 0 Å². The summed E-state index contributed by atoms with van der Waals surface area (Å²) >= 11 is 0. The highest BCUT2D eigenvalue weighted by atomic mass is 32.2. The van der Waals surface area contributed by atoms with E-state index in [4.69, 9.17) is 4.74 Å². The van der Waals surface area contributed by atoms with Gasteiger partial charge in [-0.05, 0) is 18.6 Å². The Labute approximate surface area is 124 Å². The molecule has 0 bridgehead atoms. The van der Waals surface area contributed by atoms with Crippen molar-refractivity contribution in [3.05, 3.63) is 30.3 Å². The van der Waals surface area contributed by atoms with Gasteiger partial charge in [0.1, 0.15) is 6.04 Å². The number of hydrogen-bond donors (Lipinski definition) is 0. The minimum absolute atomic E-state index is 0.107. The molecular formula is C14H18N2O4S. The van der Waals surface area contributed by atoms with Crippen LogP contribution in [0.15, 0.2) is 35.2 Å². The number of morpholine rings is 1. The molecule has 0 saturated carbocycles. The maximum atomic E-state index is 12.5. The van der Waals surface area contributed by atoms with Gasteiger partial charge in [-0.15, -0.1) is 0 Å². The molecule has 2 aliphatic heterocycles. The number of sulfonamides is 1. The second-order valence-corrected chi connectivity index (χ2v) is 7.06. The lowest BCUT2D eigenvalue weighted by Gasteiger charge is -2.41. The van der Waals surface area contributed by atoms with Crippen LogP contribution in [-0.4, -0.2) is 62.4 Å². The predicted molar refractivity (Wildman–Crippen MR) is 76.1 cm³/mol. The predicted octanol–water partition coefficient (Wildman–Crippen LogP) is 0.308. The van der Waals surface area contributed by atoms with Crippen molar-refractivity contribution < 1.29 is 17.9 Å². The second-order valence-electron chi connectivity index (χ2n) is 5.17. The van der Waals surface area contributed by atoms with Crippen LogP contribution >= 0.6 is 0 Å². The van der Waals surface area contributed by atoms with E-state index >= 15 is 0 Å². The van der Waals surface area contributed by atoms with Gasteiger partial charge in [0.15, 0.2) is 0 Å². The van der Waals surface area contributed by atoms with E-state index in [2.05, 4.69) is 0 Å². The highest BCUT2D eigenvalue weighted by Crippen LogP contribution is 2.28. The van der Waals surface area contributed by atoms with E-state index in [0.717, 1.165) is 0 Å². The number of rotatable bonds is 3. The quantitative estimate of drug-likeness (QED) is 0.806. The number of amides is 1. The maximum absolute atomic E-state index is 12.5. The van der Waals surface area contributed by atoms with Crippen LogP contribution in [0, 0.1) is 0 Å². The molecule has 1 aromatic carbocycles. The Hall–Kier alpha value is -1.44. The summed E-state index contributed by atoms with van der Waals surface area (Å²) in [4.78, 5) is 14.4. The van der Waals surface area contributed by atoms with Gasteiger partial charge in [-0.2, -0.15) is 4.31 Å². The molecule has 7 heteroatoms. The third kappa shape index (κ3) is 2.68. The Bertz CT molecular complexity index is 611. The fourth-order valence-corrected chi connectivity index (χ4v) is 4.27. The summed E-state index contributed by atoms with van der Waals surface area (Å²) in [5.41, 5.74) is 0. The van der Waals surface area contributed by atoms with E-state index in [0.29, 0.717) is 39.3 Å². The van der Waals surface area contributed by atoms with Crippen LogP contribution in [0.25, 0.3) is 0 Å². The summed E-state index contributed by atoms with van der Waals surface area (Å²) in [6, 6.07) is 7.70. The smallest absolute Gasteiger partial charge is 0.243 e. The van der Waals surface area contributed by atoms with Gasteiger partial charge in [-0.3, -0.25) is 4.79 Å². The first-order valence-corrected chi connectivity index (χ1v) is 8.48. The SMILES string of the molecule is O=C(C1CCN1S(=O)(=O)c1ccccc1)N1CCOCC1. The molecule has 2 aliphatic rings. The van der Waals surface area contributed by atoms with E-state index in [1.165, 1.54) is 4.31 Å². The normalized spacial score (nSPS) is 23.6. The van der Waals surface area contributed by atoms with Gasteiger partial charge in [-0.25, -0.2) is 8.42 Å². The molecule has 0 spiro atoms. The van der Waals surface area contributed by atoms with Gasteiger partial charge in [0.2, 0.25) is 15.9 Å². The highest BCUT2D eigenvalue weighted by molar-refractivity contribution is 7.89. The van der Waals surface area contributed by atoms with Gasteiger partial charge >= 0.3 is 0 Å². The van der Waals surface area contributed by atoms with Crippen LogP contribution in [0.2, 0.25) is 0 Å². The zero-order valence-electron chi connectivity index (χ0n) is 11.6. The zero-order chi connectivity index (χ0) is 14.9. The van der Waals surface area contributed by atoms with E-state index in [1.54, 1.807) is 35.2 Å². The number of ether oxygens (including phenoxy) is 1. The van der Waals surface area contributed by atoms with E-state index in [9.17, 15) is 13.2 Å². The molecule has 0 aliphatic carbocycles. The first-order chi connectivity index (χ1) is 10.1. The molecule has 0 N–H and O–H groups in total. The first-order valence-electron chi connectivity index (χ1n) is 7.04. The average Bonchev–Trinajstić information content (AvgIpc) is 2.47. The molecule has 21 heavy (non-hydrogen) atoms. The van der Waals surface area contributed by atoms with Crippen molar-refractivity contribution >= 4 is 15.9 Å². The molecule has 1 unspecified atom stereocenters. The topological polar surface area (TPSA) is 66.9 Å². The van der Waals surface area contributed by atoms with Crippen LogP contribution in [0.3, 0.4) is 0 Å². The minimum Gasteiger partial charge on any atom is -0.378 e. The molecule has 0 aromatic heterocycles. The molecule has 1 amide bonds. The molecule has 3 rings (SSSR count). The van der Waals surface area contributed by atoms with Crippen molar-refractivity contribution in [2.24, 2.45) is 0 Å². The van der Waals surface area contributed by atoms with Crippen LogP contribution in [0.4, 0.5) is 0 Å². The van der Waals surface area contributed by atoms with Crippen LogP contribution in [0.5, 0.6) is 0 Å². The Balaban J connectivity index is 1.76. The average molecular weight is 310 g/mol. The fraction of sp³-hybridized carbons (Fsp3) is 0.500. The van der Waals surface area contributed by atoms with Gasteiger partial charge in [0.25, 0.3) is 0 Å². The van der Waals surface area contributed by atoms with Gasteiger partial charge in [-0.1, -0.05) is 18.2 Å². The van der Waals surface area contributed by atoms with Gasteiger partial charge < -0.3 is 9.64 Å². The standard InChI is InChI=1S/C14H18N2O4S/c17-14(15-8-10-20-11-9-15)13-6-7-16(13)21(18,19)12-4-2-1-3-5-12/h1-5,13H,6-11H2. The summed E-state index contributed by atoms with van der Waals surface area (Å²) in [6.07, 6.45) is 0.586. The molecule has 6 nitrogen and oxygen atoms in total. The third-order valence-electron chi connectivity index (χ3n) is 3.93. The summed E-state index contributed by atoms with van der Waals surface area (Å²) < 4.78 is 31.6. The largest absolute Gasteiger partial charge is 0.378 e. The van der Waals surface area contributed by atoms with Crippen molar-refractivity contribution in [2.45, 2.75) is 17.4 Å². The van der Waals surface area contributed by atoms with Crippen molar-refractivity contribution in [1.82, 2.24) is 9.21 Å². The Morgan fingerprint density at radius 1 is 1.10 bits per heavy atom. The fourth-order valence-electron chi connectivity index (χ4n) is 2.62. The van der Waals surface area contributed by atoms with Crippen molar-refractivity contribution in [3.8, 4) is 0 Å². The molecule has 1 atom stereocenters. The molecule has 2 fully saturated rings. The highest BCUT2D eigenvalue weighted by Gasteiger charge is 2.44. The number of carbonyl (C=O) groups is 1. The van der Waals surface area contributed by atoms with Crippen molar-refractivity contribution in [2.75, 3.05) is 32.8 Å². The summed E-state index contributed by atoms with van der Waals surface area (Å²) in [6.45, 7) is 2.51. The molecule has 0 radical (unpaired) electrons. The molecular weight excluding hydrogens is 292 g/mol. The summed E-state index contributed by atoms with van der Waals surface area (Å²) in [5.74, 6) is -0.107. The number of benzene rings is 1. The molecule has 114 valence electrons. The Morgan fingerprint density at radius 3 is 2.33 bits per heavy atom. The van der Waals surface area contributed by atoms with Gasteiger partial charge in [0, 0.05) is 19.6 Å². The van der Waals surface area contributed by atoms with Crippen LogP contribution < -0.4 is 0 Å². The Morgan fingerprint density at radius 2 is 1.76 bits per heavy atom. The van der Waals surface area contributed by atoms with E-state index < -0.39 is 16.1 Å². The Kier molecular flexibility index (Phi) is 3.97. The lowest BCUT2D eigenvalue weighted by molar-refractivity contribution is -0.142. The lowest BCUT2D eigenvalue weighted by Crippen LogP contribution is -2.60. The van der Waals surface area contributed by atoms with Crippen LogP contribution in [-0.2, 0) is 19.6 Å². The summed E-state index contributed by atoms with van der Waals surface area (Å²) in [5, 5.41) is 0. The number of hydrogen-bond acceptors (Lipinski definition) is 4. The lowest BCUT2D eigenvalue weighted by atomic mass is 10.1. The molecule has 2 saturated heterocycles. The second kappa shape index (κ2) is 5.75. The van der Waals surface area contributed by atoms with E-state index in [1.807, 2.05) is 0 Å². The molecule has 1 aromatic rings. The van der Waals surface area contributed by atoms with Crippen LogP contribution in [0.1, 0.15) is 6.42 Å².